The standard InChI is InChI=1S/C7H13N3O4.NO3/c1-6(2,3)8-4-7(5-8,9(11)12)10(13)14;2-1(3)4/h4-5H2,1-3H3;/q;-1/p+1. The maximum Gasteiger partial charge on any atom is 0.551 e. The highest BCUT2D eigenvalue weighted by Gasteiger charge is 2.72. The average molecular weight is 266 g/mol. The summed E-state index contributed by atoms with van der Waals surface area (Å²) >= 11 is 0. The second-order valence-corrected chi connectivity index (χ2v) is 4.93. The molecule has 1 aliphatic rings. The van der Waals surface area contributed by atoms with Gasteiger partial charge in [0.1, 0.15) is 9.85 Å². The lowest BCUT2D eigenvalue weighted by Gasteiger charge is -2.40. The second kappa shape index (κ2) is 5.08. The van der Waals surface area contributed by atoms with Crippen molar-refractivity contribution in [1.82, 2.24) is 0 Å². The number of nitrogens with one attached hydrogen (secondary N) is 1. The molecule has 0 spiro atoms. The smallest absolute Gasteiger partial charge is 0.356 e. The first-order valence-corrected chi connectivity index (χ1v) is 4.89. The van der Waals surface area contributed by atoms with E-state index in [4.69, 9.17) is 15.3 Å². The van der Waals surface area contributed by atoms with Gasteiger partial charge in [0.05, 0.1) is 10.6 Å². The average Bonchev–Trinajstić information content (AvgIpc) is 1.94. The highest BCUT2D eigenvalue weighted by atomic mass is 16.9. The van der Waals surface area contributed by atoms with E-state index in [9.17, 15) is 20.2 Å². The molecule has 1 N–H and O–H groups in total. The fraction of sp³-hybridized carbons (Fsp3) is 1.00. The highest BCUT2D eigenvalue weighted by molar-refractivity contribution is 4.76. The van der Waals surface area contributed by atoms with Crippen molar-refractivity contribution in [3.05, 3.63) is 35.6 Å². The van der Waals surface area contributed by atoms with Crippen molar-refractivity contribution in [2.45, 2.75) is 32.0 Å². The van der Waals surface area contributed by atoms with E-state index in [1.54, 1.807) is 0 Å². The SMILES string of the molecule is CC(C)(C)[NH+]1CC([N+](=O)[O-])([N+](=O)[O-])C1.O=[N+]([O-])[O-]. The van der Waals surface area contributed by atoms with Gasteiger partial charge in [-0.15, -0.1) is 0 Å². The van der Waals surface area contributed by atoms with Crippen molar-refractivity contribution in [3.63, 3.8) is 0 Å². The van der Waals surface area contributed by atoms with Gasteiger partial charge in [-0.2, -0.15) is 0 Å². The van der Waals surface area contributed by atoms with Gasteiger partial charge in [-0.3, -0.25) is 20.2 Å². The molecule has 0 aromatic carbocycles. The highest BCUT2D eigenvalue weighted by Crippen LogP contribution is 2.15. The monoisotopic (exact) mass is 266 g/mol. The first kappa shape index (κ1) is 16.0. The number of nitrogens with zero attached hydrogens (tertiary/aromatic N) is 3. The van der Waals surface area contributed by atoms with E-state index in [0.717, 1.165) is 4.90 Å². The lowest BCUT2D eigenvalue weighted by molar-refractivity contribution is -1.07. The fourth-order valence-electron chi connectivity index (χ4n) is 1.49. The molecule has 0 saturated carbocycles. The minimum atomic E-state index is -1.94. The zero-order chi connectivity index (χ0) is 14.7. The molecule has 0 aliphatic carbocycles. The summed E-state index contributed by atoms with van der Waals surface area (Å²) in [7, 11) is 0. The number of quaternary nitrogens is 1. The largest absolute Gasteiger partial charge is 0.551 e. The Bertz CT molecular complexity index is 337. The Morgan fingerprint density at radius 2 is 1.22 bits per heavy atom. The van der Waals surface area contributed by atoms with E-state index in [1.165, 1.54) is 0 Å². The molecule has 1 aliphatic heterocycles. The maximum absolute atomic E-state index is 10.6. The molecule has 0 unspecified atom stereocenters. The summed E-state index contributed by atoms with van der Waals surface area (Å²) in [6, 6.07) is 0. The van der Waals surface area contributed by atoms with Crippen LogP contribution in [0.15, 0.2) is 0 Å². The number of likely N-dealkylation sites (tertiary alicyclic amines) is 1. The van der Waals surface area contributed by atoms with Gasteiger partial charge in [0, 0.05) is 0 Å². The molecule has 1 rings (SSSR count). The Morgan fingerprint density at radius 3 is 1.39 bits per heavy atom. The summed E-state index contributed by atoms with van der Waals surface area (Å²) in [4.78, 5) is 28.7. The second-order valence-electron chi connectivity index (χ2n) is 4.93. The summed E-state index contributed by atoms with van der Waals surface area (Å²) in [5, 5.41) is 35.9. The van der Waals surface area contributed by atoms with E-state index in [2.05, 4.69) is 0 Å². The summed E-state index contributed by atoms with van der Waals surface area (Å²) in [5.41, 5.74) is -2.11. The minimum absolute atomic E-state index is 0.0312. The minimum Gasteiger partial charge on any atom is -0.356 e. The summed E-state index contributed by atoms with van der Waals surface area (Å²) in [6.07, 6.45) is 0. The normalized spacial score (nSPS) is 17.9. The molecule has 0 atom stereocenters. The van der Waals surface area contributed by atoms with Crippen LogP contribution < -0.4 is 4.90 Å². The van der Waals surface area contributed by atoms with Crippen molar-refractivity contribution in [2.75, 3.05) is 13.1 Å². The fourth-order valence-corrected chi connectivity index (χ4v) is 1.49. The van der Waals surface area contributed by atoms with Gasteiger partial charge in [-0.05, 0) is 20.8 Å². The van der Waals surface area contributed by atoms with E-state index in [-0.39, 0.29) is 18.6 Å². The van der Waals surface area contributed by atoms with Gasteiger partial charge in [0.15, 0.2) is 0 Å². The topological polar surface area (TPSA) is 157 Å². The van der Waals surface area contributed by atoms with Crippen LogP contribution in [0.2, 0.25) is 0 Å². The Hall–Kier alpha value is -2.04. The van der Waals surface area contributed by atoms with Crippen molar-refractivity contribution in [3.8, 4) is 0 Å². The van der Waals surface area contributed by atoms with Crippen LogP contribution in [-0.4, -0.2) is 39.2 Å². The molecule has 1 saturated heterocycles. The molecule has 0 bridgehead atoms. The molecule has 11 nitrogen and oxygen atoms in total. The molecular formula is C7H14N4O7. The van der Waals surface area contributed by atoms with E-state index < -0.39 is 20.6 Å². The molecule has 0 amide bonds. The molecule has 0 aromatic heterocycles. The molecule has 104 valence electrons. The molecule has 1 fully saturated rings. The van der Waals surface area contributed by atoms with Gasteiger partial charge in [-0.1, -0.05) is 0 Å². The molecule has 11 heteroatoms. The van der Waals surface area contributed by atoms with Gasteiger partial charge in [0.25, 0.3) is 0 Å². The third-order valence-corrected chi connectivity index (χ3v) is 2.73. The zero-order valence-corrected chi connectivity index (χ0v) is 10.1. The Labute approximate surface area is 101 Å². The molecule has 1 heterocycles. The van der Waals surface area contributed by atoms with Crippen LogP contribution in [0.25, 0.3) is 0 Å². The molecular weight excluding hydrogens is 252 g/mol. The van der Waals surface area contributed by atoms with Gasteiger partial charge < -0.3 is 20.2 Å². The van der Waals surface area contributed by atoms with Crippen molar-refractivity contribution in [1.29, 1.82) is 0 Å². The third-order valence-electron chi connectivity index (χ3n) is 2.73. The van der Waals surface area contributed by atoms with Crippen LogP contribution in [0, 0.1) is 35.6 Å². The van der Waals surface area contributed by atoms with Crippen LogP contribution in [0.1, 0.15) is 20.8 Å². The van der Waals surface area contributed by atoms with Crippen molar-refractivity contribution in [2.24, 2.45) is 0 Å². The maximum atomic E-state index is 10.6. The zero-order valence-electron chi connectivity index (χ0n) is 10.1. The van der Waals surface area contributed by atoms with Crippen LogP contribution in [0.3, 0.4) is 0 Å². The first-order chi connectivity index (χ1) is 7.93. The predicted octanol–water partition coefficient (Wildman–Crippen LogP) is -1.31. The number of hydrogen-bond acceptors (Lipinski definition) is 7. The number of hydrogen-bond donors (Lipinski definition) is 1. The van der Waals surface area contributed by atoms with Crippen LogP contribution in [0.4, 0.5) is 0 Å². The van der Waals surface area contributed by atoms with Gasteiger partial charge in [-0.25, -0.2) is 0 Å². The molecule has 18 heavy (non-hydrogen) atoms. The van der Waals surface area contributed by atoms with Crippen molar-refractivity contribution < 1.29 is 19.8 Å². The molecule has 0 aromatic rings. The summed E-state index contributed by atoms with van der Waals surface area (Å²) in [6.45, 7) is 5.66. The summed E-state index contributed by atoms with van der Waals surface area (Å²) in [5.74, 6) is 0. The predicted molar refractivity (Wildman–Crippen MR) is 57.5 cm³/mol. The number of nitro groups is 2. The Kier molecular flexibility index (Phi) is 4.50. The quantitative estimate of drug-likeness (QED) is 0.369. The Balaban J connectivity index is 0.000000631. The van der Waals surface area contributed by atoms with Crippen LogP contribution in [-0.2, 0) is 0 Å². The van der Waals surface area contributed by atoms with Crippen LogP contribution >= 0.6 is 0 Å². The van der Waals surface area contributed by atoms with E-state index >= 15 is 0 Å². The number of rotatable bonds is 2. The van der Waals surface area contributed by atoms with Crippen molar-refractivity contribution >= 4 is 0 Å². The van der Waals surface area contributed by atoms with Gasteiger partial charge in [0.2, 0.25) is 13.1 Å². The third kappa shape index (κ3) is 3.48. The van der Waals surface area contributed by atoms with E-state index in [0.29, 0.717) is 0 Å². The Morgan fingerprint density at radius 1 is 0.944 bits per heavy atom. The molecule has 0 radical (unpaired) electrons. The first-order valence-electron chi connectivity index (χ1n) is 4.89. The lowest BCUT2D eigenvalue weighted by atomic mass is 9.93. The van der Waals surface area contributed by atoms with Crippen LogP contribution in [0.5, 0.6) is 0 Å². The van der Waals surface area contributed by atoms with Gasteiger partial charge >= 0.3 is 5.66 Å². The van der Waals surface area contributed by atoms with E-state index in [1.807, 2.05) is 20.8 Å². The lowest BCUT2D eigenvalue weighted by Crippen LogP contribution is -3.30. The summed E-state index contributed by atoms with van der Waals surface area (Å²) < 4.78 is 0.